The Hall–Kier alpha value is -0.792. The molecule has 0 N–H and O–H groups in total. The molecule has 0 saturated carbocycles. The van der Waals surface area contributed by atoms with Crippen molar-refractivity contribution in [3.05, 3.63) is 29.3 Å². The van der Waals surface area contributed by atoms with Gasteiger partial charge in [-0.1, -0.05) is 0 Å². The number of benzene rings is 1. The van der Waals surface area contributed by atoms with Gasteiger partial charge in [-0.15, -0.1) is 0 Å². The van der Waals surface area contributed by atoms with Gasteiger partial charge in [0, 0.05) is 0 Å². The molecule has 1 aromatic heterocycles. The predicted octanol–water partition coefficient (Wildman–Crippen LogP) is 2.18. The van der Waals surface area contributed by atoms with Crippen molar-refractivity contribution in [3.63, 3.8) is 0 Å². The molecule has 82 valence electrons. The first-order chi connectivity index (χ1) is 7.63. The van der Waals surface area contributed by atoms with Gasteiger partial charge in [-0.2, -0.15) is 0 Å². The molecule has 0 aliphatic heterocycles. The number of rotatable bonds is 2. The molecule has 4 heteroatoms. The van der Waals surface area contributed by atoms with Crippen molar-refractivity contribution in [3.8, 4) is 0 Å². The number of hydrogen-bond donors (Lipinski definition) is 0. The van der Waals surface area contributed by atoms with Crippen LogP contribution in [0.5, 0.6) is 0 Å². The Morgan fingerprint density at radius 1 is 1.50 bits per heavy atom. The molecule has 16 heavy (non-hydrogen) atoms. The van der Waals surface area contributed by atoms with Crippen molar-refractivity contribution in [2.75, 3.05) is 6.61 Å². The molecule has 2 radical (unpaired) electrons. The summed E-state index contributed by atoms with van der Waals surface area (Å²) in [7, 11) is 0. The van der Waals surface area contributed by atoms with E-state index in [1.165, 1.54) is 5.56 Å². The summed E-state index contributed by atoms with van der Waals surface area (Å²) in [4.78, 5) is 11.8. The number of ether oxygens (including phenoxy) is 1. The molecule has 0 saturated heterocycles. The van der Waals surface area contributed by atoms with E-state index < -0.39 is 0 Å². The van der Waals surface area contributed by atoms with E-state index in [9.17, 15) is 4.79 Å². The molecule has 1 aromatic carbocycles. The summed E-state index contributed by atoms with van der Waals surface area (Å²) in [5.74, 6) is -0.228. The summed E-state index contributed by atoms with van der Waals surface area (Å²) in [5.41, 5.74) is 1.90. The van der Waals surface area contributed by atoms with Gasteiger partial charge < -0.3 is 0 Å². The van der Waals surface area contributed by atoms with Crippen LogP contribution in [0.4, 0.5) is 0 Å². The molecule has 0 atom stereocenters. The van der Waals surface area contributed by atoms with Crippen LogP contribution in [-0.4, -0.2) is 29.4 Å². The van der Waals surface area contributed by atoms with Crippen LogP contribution in [0.1, 0.15) is 22.8 Å². The van der Waals surface area contributed by atoms with E-state index in [1.54, 1.807) is 11.3 Å². The molecule has 0 bridgehead atoms. The van der Waals surface area contributed by atoms with Crippen molar-refractivity contribution in [2.24, 2.45) is 0 Å². The molecule has 0 unspecified atom stereocenters. The minimum atomic E-state index is -0.228. The van der Waals surface area contributed by atoms with Crippen molar-refractivity contribution in [2.45, 2.75) is 13.8 Å². The Kier molecular flexibility index (Phi) is 3.36. The quantitative estimate of drug-likeness (QED) is 0.627. The third-order valence-electron chi connectivity index (χ3n) is 2.31. The number of fused-ring (bicyclic) bond motifs is 1. The zero-order valence-corrected chi connectivity index (χ0v) is 11.8. The van der Waals surface area contributed by atoms with Crippen molar-refractivity contribution in [1.82, 2.24) is 0 Å². The third-order valence-corrected chi connectivity index (χ3v) is 4.31. The van der Waals surface area contributed by atoms with E-state index in [-0.39, 0.29) is 5.97 Å². The molecule has 2 nitrogen and oxygen atoms in total. The molecule has 1 heterocycles. The SMILES string of the molecule is CCOC(=O)c1c([As])sc2cc(C)ccc12. The van der Waals surface area contributed by atoms with Crippen molar-refractivity contribution >= 4 is 47.9 Å². The molecule has 0 aliphatic carbocycles. The summed E-state index contributed by atoms with van der Waals surface area (Å²) in [5, 5.41) is 0.990. The van der Waals surface area contributed by atoms with Crippen LogP contribution in [0.15, 0.2) is 18.2 Å². The average Bonchev–Trinajstić information content (AvgIpc) is 2.53. The number of esters is 1. The number of carbonyl (C=O) groups excluding carboxylic acids is 1. The van der Waals surface area contributed by atoms with Gasteiger partial charge in [0.15, 0.2) is 0 Å². The average molecular weight is 294 g/mol. The fourth-order valence-electron chi connectivity index (χ4n) is 1.59. The van der Waals surface area contributed by atoms with Gasteiger partial charge in [-0.3, -0.25) is 0 Å². The Bertz CT molecular complexity index is 545. The molecular weight excluding hydrogens is 283 g/mol. The van der Waals surface area contributed by atoms with Crippen LogP contribution in [0, 0.1) is 6.92 Å². The fraction of sp³-hybridized carbons (Fsp3) is 0.250. The zero-order chi connectivity index (χ0) is 11.7. The van der Waals surface area contributed by atoms with Crippen LogP contribution >= 0.6 is 11.3 Å². The Balaban J connectivity index is 2.60. The number of hydrogen-bond acceptors (Lipinski definition) is 3. The Morgan fingerprint density at radius 3 is 2.94 bits per heavy atom. The van der Waals surface area contributed by atoms with Crippen LogP contribution in [-0.2, 0) is 4.74 Å². The standard InChI is InChI=1S/C12H11AsO2S/c1-3-15-12(14)10-8-5-4-7(2)6-9(8)16-11(10)13/h4-6H,3H2,1-2H3. The zero-order valence-electron chi connectivity index (χ0n) is 9.11. The first kappa shape index (κ1) is 11.7. The predicted molar refractivity (Wildman–Crippen MR) is 67.9 cm³/mol. The van der Waals surface area contributed by atoms with E-state index >= 15 is 0 Å². The summed E-state index contributed by atoms with van der Waals surface area (Å²) in [6.45, 7) is 4.28. The maximum atomic E-state index is 11.8. The molecule has 0 fully saturated rings. The van der Waals surface area contributed by atoms with Gasteiger partial charge in [0.1, 0.15) is 0 Å². The molecular formula is C12H11AsO2S. The van der Waals surface area contributed by atoms with Crippen LogP contribution in [0.25, 0.3) is 10.1 Å². The van der Waals surface area contributed by atoms with Crippen molar-refractivity contribution in [1.29, 1.82) is 0 Å². The second-order valence-electron chi connectivity index (χ2n) is 3.50. The van der Waals surface area contributed by atoms with E-state index in [0.29, 0.717) is 12.2 Å². The number of thiophene rings is 1. The molecule has 0 spiro atoms. The molecule has 0 amide bonds. The first-order valence-corrected chi connectivity index (χ1v) is 6.78. The third kappa shape index (κ3) is 2.02. The number of aryl methyl sites for hydroxylation is 1. The second kappa shape index (κ2) is 4.60. The Labute approximate surface area is 107 Å². The maximum absolute atomic E-state index is 11.8. The summed E-state index contributed by atoms with van der Waals surface area (Å²) >= 11 is 4.07. The first-order valence-electron chi connectivity index (χ1n) is 5.02. The van der Waals surface area contributed by atoms with Crippen LogP contribution in [0.3, 0.4) is 0 Å². The van der Waals surface area contributed by atoms with Gasteiger partial charge in [0.05, 0.1) is 0 Å². The normalized spacial score (nSPS) is 10.7. The van der Waals surface area contributed by atoms with Gasteiger partial charge in [-0.05, 0) is 0 Å². The summed E-state index contributed by atoms with van der Waals surface area (Å²) in [6, 6.07) is 6.11. The van der Waals surface area contributed by atoms with Gasteiger partial charge in [-0.25, -0.2) is 0 Å². The summed E-state index contributed by atoms with van der Waals surface area (Å²) < 4.78 is 7.17. The van der Waals surface area contributed by atoms with E-state index in [4.69, 9.17) is 4.74 Å². The van der Waals surface area contributed by atoms with Crippen LogP contribution < -0.4 is 3.66 Å². The second-order valence-corrected chi connectivity index (χ2v) is 6.15. The topological polar surface area (TPSA) is 26.3 Å². The monoisotopic (exact) mass is 294 g/mol. The molecule has 2 aromatic rings. The number of carbonyl (C=O) groups is 1. The van der Waals surface area contributed by atoms with E-state index in [2.05, 4.69) is 22.9 Å². The summed E-state index contributed by atoms with van der Waals surface area (Å²) in [6.07, 6.45) is 0. The molecule has 0 aliphatic rings. The van der Waals surface area contributed by atoms with E-state index in [1.807, 2.05) is 26.0 Å². The van der Waals surface area contributed by atoms with Gasteiger partial charge in [0.2, 0.25) is 0 Å². The van der Waals surface area contributed by atoms with Crippen molar-refractivity contribution < 1.29 is 9.53 Å². The fourth-order valence-corrected chi connectivity index (χ4v) is 3.68. The van der Waals surface area contributed by atoms with Gasteiger partial charge >= 0.3 is 107 Å². The Morgan fingerprint density at radius 2 is 2.25 bits per heavy atom. The minimum absolute atomic E-state index is 0.228. The van der Waals surface area contributed by atoms with E-state index in [0.717, 1.165) is 13.8 Å². The molecule has 2 rings (SSSR count). The van der Waals surface area contributed by atoms with Crippen LogP contribution in [0.2, 0.25) is 0 Å². The van der Waals surface area contributed by atoms with Gasteiger partial charge in [0.25, 0.3) is 0 Å².